The van der Waals surface area contributed by atoms with Crippen LogP contribution in [0.1, 0.15) is 64.9 Å². The Morgan fingerprint density at radius 1 is 1.00 bits per heavy atom. The van der Waals surface area contributed by atoms with Crippen LogP contribution in [0.15, 0.2) is 43.0 Å². The standard InChI is InChI=1S/C22H33N2/c1-17(2)20-7-5-19(6-8-20)15-23-13-14-24(16-23)22-11-9-21(10-12-22)18(3)4/h9-14,16-20H,5-8,15H2,1-4H3/q+1. The zero-order chi connectivity index (χ0) is 17.1. The molecule has 3 rings (SSSR count). The largest absolute Gasteiger partial charge is 0.248 e. The second-order valence-electron chi connectivity index (χ2n) is 8.29. The van der Waals surface area contributed by atoms with Gasteiger partial charge in [-0.1, -0.05) is 39.8 Å². The zero-order valence-corrected chi connectivity index (χ0v) is 15.8. The summed E-state index contributed by atoms with van der Waals surface area (Å²) in [6, 6.07) is 8.95. The molecule has 2 aromatic rings. The van der Waals surface area contributed by atoms with Crippen LogP contribution in [-0.2, 0) is 6.54 Å². The van der Waals surface area contributed by atoms with E-state index >= 15 is 0 Å². The van der Waals surface area contributed by atoms with Gasteiger partial charge in [0.15, 0.2) is 0 Å². The highest BCUT2D eigenvalue weighted by atomic mass is 15.1. The van der Waals surface area contributed by atoms with Gasteiger partial charge >= 0.3 is 0 Å². The average Bonchev–Trinajstić information content (AvgIpc) is 3.04. The molecule has 0 N–H and O–H groups in total. The molecule has 1 aromatic heterocycles. The van der Waals surface area contributed by atoms with Crippen molar-refractivity contribution >= 4 is 0 Å². The molecule has 0 radical (unpaired) electrons. The number of benzene rings is 1. The van der Waals surface area contributed by atoms with Crippen molar-refractivity contribution in [2.24, 2.45) is 17.8 Å². The maximum Gasteiger partial charge on any atom is 0.248 e. The molecule has 24 heavy (non-hydrogen) atoms. The molecule has 0 amide bonds. The molecule has 2 heteroatoms. The monoisotopic (exact) mass is 325 g/mol. The fourth-order valence-electron chi connectivity index (χ4n) is 4.02. The molecule has 0 spiro atoms. The Bertz CT molecular complexity index is 628. The van der Waals surface area contributed by atoms with Crippen molar-refractivity contribution in [3.8, 4) is 5.69 Å². The van der Waals surface area contributed by atoms with Gasteiger partial charge in [0.05, 0.1) is 6.54 Å². The van der Waals surface area contributed by atoms with Crippen molar-refractivity contribution in [1.82, 2.24) is 4.57 Å². The number of aromatic nitrogens is 2. The summed E-state index contributed by atoms with van der Waals surface area (Å²) in [5.41, 5.74) is 2.65. The second-order valence-corrected chi connectivity index (χ2v) is 8.29. The van der Waals surface area contributed by atoms with Crippen molar-refractivity contribution in [3.63, 3.8) is 0 Å². The predicted molar refractivity (Wildman–Crippen MR) is 100 cm³/mol. The molecular formula is C22H33N2+. The Balaban J connectivity index is 1.60. The lowest BCUT2D eigenvalue weighted by atomic mass is 9.77. The van der Waals surface area contributed by atoms with Gasteiger partial charge in [-0.05, 0) is 67.1 Å². The van der Waals surface area contributed by atoms with Gasteiger partial charge in [-0.2, -0.15) is 0 Å². The lowest BCUT2D eigenvalue weighted by Gasteiger charge is -2.29. The highest BCUT2D eigenvalue weighted by molar-refractivity contribution is 5.35. The summed E-state index contributed by atoms with van der Waals surface area (Å²) in [7, 11) is 0. The molecule has 0 saturated heterocycles. The van der Waals surface area contributed by atoms with Gasteiger partial charge in [0.1, 0.15) is 18.1 Å². The van der Waals surface area contributed by atoms with E-state index < -0.39 is 0 Å². The fourth-order valence-corrected chi connectivity index (χ4v) is 4.02. The molecule has 130 valence electrons. The summed E-state index contributed by atoms with van der Waals surface area (Å²) in [5.74, 6) is 3.25. The fraction of sp³-hybridized carbons (Fsp3) is 0.591. The summed E-state index contributed by atoms with van der Waals surface area (Å²) in [6.45, 7) is 10.4. The Hall–Kier alpha value is -1.57. The van der Waals surface area contributed by atoms with Gasteiger partial charge < -0.3 is 0 Å². The van der Waals surface area contributed by atoms with Crippen LogP contribution in [0, 0.1) is 17.8 Å². The van der Waals surface area contributed by atoms with Crippen LogP contribution in [0.3, 0.4) is 0 Å². The lowest BCUT2D eigenvalue weighted by Crippen LogP contribution is -2.37. The van der Waals surface area contributed by atoms with Crippen LogP contribution in [0.25, 0.3) is 5.69 Å². The molecule has 1 aliphatic rings. The van der Waals surface area contributed by atoms with Crippen molar-refractivity contribution < 1.29 is 4.57 Å². The Labute approximate surface area is 147 Å². The molecule has 0 atom stereocenters. The van der Waals surface area contributed by atoms with Crippen molar-refractivity contribution in [1.29, 1.82) is 0 Å². The first kappa shape index (κ1) is 17.3. The molecule has 0 unspecified atom stereocenters. The molecule has 1 fully saturated rings. The van der Waals surface area contributed by atoms with Gasteiger partial charge in [0.2, 0.25) is 6.33 Å². The summed E-state index contributed by atoms with van der Waals surface area (Å²) >= 11 is 0. The first-order valence-corrected chi connectivity index (χ1v) is 9.70. The van der Waals surface area contributed by atoms with Crippen LogP contribution in [0.4, 0.5) is 0 Å². The average molecular weight is 326 g/mol. The maximum absolute atomic E-state index is 2.38. The van der Waals surface area contributed by atoms with Crippen LogP contribution in [-0.4, -0.2) is 4.57 Å². The van der Waals surface area contributed by atoms with Crippen LogP contribution >= 0.6 is 0 Å². The number of hydrogen-bond acceptors (Lipinski definition) is 0. The first-order valence-electron chi connectivity index (χ1n) is 9.70. The van der Waals surface area contributed by atoms with E-state index in [9.17, 15) is 0 Å². The Morgan fingerprint density at radius 3 is 2.25 bits per heavy atom. The van der Waals surface area contributed by atoms with E-state index in [4.69, 9.17) is 0 Å². The third-order valence-electron chi connectivity index (χ3n) is 5.85. The van der Waals surface area contributed by atoms with Crippen molar-refractivity contribution in [3.05, 3.63) is 48.5 Å². The smallest absolute Gasteiger partial charge is 0.236 e. The molecule has 1 aliphatic carbocycles. The van der Waals surface area contributed by atoms with E-state index in [2.05, 4.69) is 79.8 Å². The number of nitrogens with zero attached hydrogens (tertiary/aromatic N) is 2. The number of rotatable bonds is 5. The van der Waals surface area contributed by atoms with E-state index in [0.717, 1.165) is 17.8 Å². The minimum atomic E-state index is 0.592. The van der Waals surface area contributed by atoms with E-state index in [-0.39, 0.29) is 0 Å². The molecular weight excluding hydrogens is 292 g/mol. The molecule has 1 heterocycles. The first-order chi connectivity index (χ1) is 11.5. The molecule has 1 saturated carbocycles. The van der Waals surface area contributed by atoms with Gasteiger partial charge in [0, 0.05) is 0 Å². The van der Waals surface area contributed by atoms with E-state index in [0.29, 0.717) is 5.92 Å². The highest BCUT2D eigenvalue weighted by Gasteiger charge is 2.24. The SMILES string of the molecule is CC(C)c1ccc(-n2cc[n+](CC3CCC(C(C)C)CC3)c2)cc1. The quantitative estimate of drug-likeness (QED) is 0.655. The van der Waals surface area contributed by atoms with Gasteiger partial charge in [-0.25, -0.2) is 9.13 Å². The van der Waals surface area contributed by atoms with E-state index in [1.807, 2.05) is 0 Å². The topological polar surface area (TPSA) is 8.81 Å². The summed E-state index contributed by atoms with van der Waals surface area (Å²) in [6.07, 6.45) is 12.3. The Morgan fingerprint density at radius 2 is 1.67 bits per heavy atom. The minimum absolute atomic E-state index is 0.592. The summed E-state index contributed by atoms with van der Waals surface area (Å²) in [4.78, 5) is 0. The maximum atomic E-state index is 2.38. The number of hydrogen-bond donors (Lipinski definition) is 0. The predicted octanol–water partition coefficient (Wildman–Crippen LogP) is 5.35. The highest BCUT2D eigenvalue weighted by Crippen LogP contribution is 2.33. The molecule has 1 aromatic carbocycles. The van der Waals surface area contributed by atoms with Crippen molar-refractivity contribution in [2.45, 2.75) is 65.8 Å². The second kappa shape index (κ2) is 7.55. The minimum Gasteiger partial charge on any atom is -0.236 e. The third-order valence-corrected chi connectivity index (χ3v) is 5.85. The van der Waals surface area contributed by atoms with E-state index in [1.165, 1.54) is 43.5 Å². The Kier molecular flexibility index (Phi) is 5.43. The van der Waals surface area contributed by atoms with Gasteiger partial charge in [-0.3, -0.25) is 0 Å². The number of imidazole rings is 1. The zero-order valence-electron chi connectivity index (χ0n) is 15.8. The van der Waals surface area contributed by atoms with Gasteiger partial charge in [0.25, 0.3) is 0 Å². The van der Waals surface area contributed by atoms with Crippen LogP contribution < -0.4 is 4.57 Å². The van der Waals surface area contributed by atoms with Crippen LogP contribution in [0.5, 0.6) is 0 Å². The van der Waals surface area contributed by atoms with Crippen molar-refractivity contribution in [2.75, 3.05) is 0 Å². The molecule has 0 aliphatic heterocycles. The third kappa shape index (κ3) is 4.09. The van der Waals surface area contributed by atoms with Crippen LogP contribution in [0.2, 0.25) is 0 Å². The normalized spacial score (nSPS) is 21.6. The van der Waals surface area contributed by atoms with Gasteiger partial charge in [-0.15, -0.1) is 0 Å². The lowest BCUT2D eigenvalue weighted by molar-refractivity contribution is -0.703. The summed E-state index contributed by atoms with van der Waals surface area (Å²) < 4.78 is 4.61. The molecule has 2 nitrogen and oxygen atoms in total. The molecule has 0 bridgehead atoms. The summed E-state index contributed by atoms with van der Waals surface area (Å²) in [5, 5.41) is 0. The van der Waals surface area contributed by atoms with E-state index in [1.54, 1.807) is 0 Å².